The molecule has 0 N–H and O–H groups in total. The second kappa shape index (κ2) is 4.96. The zero-order valence-electron chi connectivity index (χ0n) is 9.43. The molecule has 0 spiro atoms. The second-order valence-corrected chi connectivity index (χ2v) is 3.96. The van der Waals surface area contributed by atoms with Crippen molar-refractivity contribution >= 4 is 6.41 Å². The molecule has 16 heavy (non-hydrogen) atoms. The van der Waals surface area contributed by atoms with E-state index < -0.39 is 0 Å². The molecule has 0 bridgehead atoms. The predicted molar refractivity (Wildman–Crippen MR) is 60.2 cm³/mol. The molecule has 0 radical (unpaired) electrons. The van der Waals surface area contributed by atoms with Gasteiger partial charge in [0, 0.05) is 18.3 Å². The van der Waals surface area contributed by atoms with Crippen LogP contribution in [0.15, 0.2) is 18.3 Å². The first-order valence-corrected chi connectivity index (χ1v) is 5.56. The fraction of sp³-hybridized carbons (Fsp3) is 0.500. The first-order chi connectivity index (χ1) is 7.86. The fourth-order valence-electron chi connectivity index (χ4n) is 2.24. The van der Waals surface area contributed by atoms with Gasteiger partial charge in [0.2, 0.25) is 12.3 Å². The summed E-state index contributed by atoms with van der Waals surface area (Å²) in [4.78, 5) is 17.0. The van der Waals surface area contributed by atoms with Crippen molar-refractivity contribution in [3.63, 3.8) is 0 Å². The molecule has 1 aliphatic rings. The Kier molecular flexibility index (Phi) is 3.39. The molecule has 1 amide bonds. The fourth-order valence-corrected chi connectivity index (χ4v) is 2.24. The summed E-state index contributed by atoms with van der Waals surface area (Å²) in [7, 11) is 1.61. The van der Waals surface area contributed by atoms with Crippen LogP contribution in [0.1, 0.15) is 30.9 Å². The van der Waals surface area contributed by atoms with Gasteiger partial charge < -0.3 is 9.64 Å². The van der Waals surface area contributed by atoms with Crippen LogP contribution < -0.4 is 4.74 Å². The average Bonchev–Trinajstić information content (AvgIpc) is 2.38. The number of nitrogens with zero attached hydrogens (tertiary/aromatic N) is 2. The Labute approximate surface area is 95.2 Å². The third-order valence-corrected chi connectivity index (χ3v) is 3.03. The third kappa shape index (κ3) is 2.01. The monoisotopic (exact) mass is 220 g/mol. The van der Waals surface area contributed by atoms with Gasteiger partial charge in [0.25, 0.3) is 0 Å². The Hall–Kier alpha value is -1.58. The number of hydrogen-bond donors (Lipinski definition) is 0. The molecule has 2 heterocycles. The van der Waals surface area contributed by atoms with Gasteiger partial charge in [-0.25, -0.2) is 4.98 Å². The summed E-state index contributed by atoms with van der Waals surface area (Å²) < 4.78 is 5.24. The summed E-state index contributed by atoms with van der Waals surface area (Å²) in [6.07, 6.45) is 5.85. The van der Waals surface area contributed by atoms with E-state index in [1.54, 1.807) is 13.3 Å². The van der Waals surface area contributed by atoms with Crippen LogP contribution in [-0.4, -0.2) is 29.9 Å². The number of ether oxygens (including phenoxy) is 1. The smallest absolute Gasteiger partial charge is 0.218 e. The SMILES string of the molecule is COc1ncccc1[C@H]1CCCCN1C=O. The zero-order valence-corrected chi connectivity index (χ0v) is 9.43. The van der Waals surface area contributed by atoms with Gasteiger partial charge in [0.15, 0.2) is 0 Å². The van der Waals surface area contributed by atoms with Gasteiger partial charge in [-0.15, -0.1) is 0 Å². The molecule has 2 rings (SSSR count). The van der Waals surface area contributed by atoms with E-state index in [2.05, 4.69) is 4.98 Å². The Morgan fingerprint density at radius 1 is 1.56 bits per heavy atom. The minimum absolute atomic E-state index is 0.120. The highest BCUT2D eigenvalue weighted by Gasteiger charge is 2.25. The molecule has 0 saturated carbocycles. The van der Waals surface area contributed by atoms with Crippen molar-refractivity contribution < 1.29 is 9.53 Å². The number of hydrogen-bond acceptors (Lipinski definition) is 3. The van der Waals surface area contributed by atoms with Crippen LogP contribution in [0.5, 0.6) is 5.88 Å². The van der Waals surface area contributed by atoms with Gasteiger partial charge in [0.05, 0.1) is 13.2 Å². The predicted octanol–water partition coefficient (Wildman–Crippen LogP) is 1.77. The molecule has 0 aliphatic carbocycles. The normalized spacial score (nSPS) is 20.6. The maximum atomic E-state index is 11.0. The van der Waals surface area contributed by atoms with Gasteiger partial charge in [-0.3, -0.25) is 4.79 Å². The van der Waals surface area contributed by atoms with Gasteiger partial charge >= 0.3 is 0 Å². The number of carbonyl (C=O) groups is 1. The van der Waals surface area contributed by atoms with E-state index in [9.17, 15) is 4.79 Å². The molecular weight excluding hydrogens is 204 g/mol. The molecule has 1 fully saturated rings. The number of aromatic nitrogens is 1. The van der Waals surface area contributed by atoms with Gasteiger partial charge in [-0.2, -0.15) is 0 Å². The lowest BCUT2D eigenvalue weighted by molar-refractivity contribution is -0.121. The van der Waals surface area contributed by atoms with E-state index in [-0.39, 0.29) is 6.04 Å². The summed E-state index contributed by atoms with van der Waals surface area (Å²) in [6, 6.07) is 3.99. The van der Waals surface area contributed by atoms with Gasteiger partial charge in [0.1, 0.15) is 0 Å². The quantitative estimate of drug-likeness (QED) is 0.729. The second-order valence-electron chi connectivity index (χ2n) is 3.96. The summed E-state index contributed by atoms with van der Waals surface area (Å²) in [5.74, 6) is 0.626. The molecule has 1 aliphatic heterocycles. The topological polar surface area (TPSA) is 42.4 Å². The first-order valence-electron chi connectivity index (χ1n) is 5.56. The lowest BCUT2D eigenvalue weighted by atomic mass is 9.96. The highest BCUT2D eigenvalue weighted by atomic mass is 16.5. The number of rotatable bonds is 3. The number of carbonyl (C=O) groups excluding carboxylic acids is 1. The van der Waals surface area contributed by atoms with Crippen LogP contribution in [0.2, 0.25) is 0 Å². The summed E-state index contributed by atoms with van der Waals surface area (Å²) in [6.45, 7) is 0.826. The number of amides is 1. The zero-order chi connectivity index (χ0) is 11.4. The third-order valence-electron chi connectivity index (χ3n) is 3.03. The summed E-state index contributed by atoms with van der Waals surface area (Å²) >= 11 is 0. The number of piperidine rings is 1. The largest absolute Gasteiger partial charge is 0.481 e. The molecule has 0 aromatic carbocycles. The van der Waals surface area contributed by atoms with Crippen molar-refractivity contribution in [3.8, 4) is 5.88 Å². The maximum Gasteiger partial charge on any atom is 0.218 e. The Morgan fingerprint density at radius 2 is 2.44 bits per heavy atom. The van der Waals surface area contributed by atoms with Crippen LogP contribution in [0.25, 0.3) is 0 Å². The molecule has 86 valence electrons. The van der Waals surface area contributed by atoms with E-state index in [1.807, 2.05) is 17.0 Å². The maximum absolute atomic E-state index is 11.0. The average molecular weight is 220 g/mol. The van der Waals surface area contributed by atoms with Crippen LogP contribution in [0, 0.1) is 0 Å². The Bertz CT molecular complexity index is 368. The summed E-state index contributed by atoms with van der Waals surface area (Å²) in [5.41, 5.74) is 1.01. The van der Waals surface area contributed by atoms with E-state index in [0.29, 0.717) is 5.88 Å². The molecule has 1 aromatic heterocycles. The van der Waals surface area contributed by atoms with Gasteiger partial charge in [-0.1, -0.05) is 6.07 Å². The van der Waals surface area contributed by atoms with E-state index >= 15 is 0 Å². The Morgan fingerprint density at radius 3 is 3.19 bits per heavy atom. The van der Waals surface area contributed by atoms with Crippen molar-refractivity contribution in [1.29, 1.82) is 0 Å². The van der Waals surface area contributed by atoms with Crippen LogP contribution in [-0.2, 0) is 4.79 Å². The Balaban J connectivity index is 2.30. The molecule has 1 saturated heterocycles. The summed E-state index contributed by atoms with van der Waals surface area (Å²) in [5, 5.41) is 0. The first kappa shape index (κ1) is 10.9. The van der Waals surface area contributed by atoms with Crippen LogP contribution in [0.4, 0.5) is 0 Å². The number of pyridine rings is 1. The number of methoxy groups -OCH3 is 1. The number of likely N-dealkylation sites (tertiary alicyclic amines) is 1. The molecule has 1 atom stereocenters. The standard InChI is InChI=1S/C12H16N2O2/c1-16-12-10(5-4-7-13-12)11-6-2-3-8-14(11)9-15/h4-5,7,9,11H,2-3,6,8H2,1H3/t11-/m1/s1. The minimum atomic E-state index is 0.120. The van der Waals surface area contributed by atoms with Crippen molar-refractivity contribution in [1.82, 2.24) is 9.88 Å². The van der Waals surface area contributed by atoms with Crippen molar-refractivity contribution in [2.45, 2.75) is 25.3 Å². The lowest BCUT2D eigenvalue weighted by Crippen LogP contribution is -2.32. The van der Waals surface area contributed by atoms with Crippen molar-refractivity contribution in [2.75, 3.05) is 13.7 Å². The minimum Gasteiger partial charge on any atom is -0.481 e. The highest BCUT2D eigenvalue weighted by Crippen LogP contribution is 2.33. The molecule has 0 unspecified atom stereocenters. The van der Waals surface area contributed by atoms with E-state index in [0.717, 1.165) is 37.8 Å². The van der Waals surface area contributed by atoms with Gasteiger partial charge in [-0.05, 0) is 25.3 Å². The molecule has 4 nitrogen and oxygen atoms in total. The van der Waals surface area contributed by atoms with E-state index in [1.165, 1.54) is 0 Å². The van der Waals surface area contributed by atoms with Crippen molar-refractivity contribution in [3.05, 3.63) is 23.9 Å². The molecule has 1 aromatic rings. The highest BCUT2D eigenvalue weighted by molar-refractivity contribution is 5.50. The molecular formula is C12H16N2O2. The van der Waals surface area contributed by atoms with Crippen molar-refractivity contribution in [2.24, 2.45) is 0 Å². The van der Waals surface area contributed by atoms with Crippen LogP contribution >= 0.6 is 0 Å². The van der Waals surface area contributed by atoms with E-state index in [4.69, 9.17) is 4.74 Å². The molecule has 4 heteroatoms. The van der Waals surface area contributed by atoms with Crippen LogP contribution in [0.3, 0.4) is 0 Å². The lowest BCUT2D eigenvalue weighted by Gasteiger charge is -2.33.